The Bertz CT molecular complexity index is 880. The van der Waals surface area contributed by atoms with Gasteiger partial charge in [-0.05, 0) is 19.9 Å². The molecule has 0 N–H and O–H groups in total. The van der Waals surface area contributed by atoms with E-state index >= 15 is 0 Å². The first kappa shape index (κ1) is 19.5. The number of carbonyl (C=O) groups is 1. The summed E-state index contributed by atoms with van der Waals surface area (Å²) in [7, 11) is 2.11. The summed E-state index contributed by atoms with van der Waals surface area (Å²) >= 11 is 0. The number of piperazine rings is 1. The summed E-state index contributed by atoms with van der Waals surface area (Å²) in [5, 5.41) is 5.59. The van der Waals surface area contributed by atoms with Crippen LogP contribution in [0.2, 0.25) is 0 Å². The molecule has 0 aromatic carbocycles. The number of carbonyl (C=O) groups excluding carboxylic acids is 1. The largest absolute Gasteiger partial charge is 0.378 e. The van der Waals surface area contributed by atoms with E-state index in [9.17, 15) is 4.79 Å². The quantitative estimate of drug-likeness (QED) is 0.714. The summed E-state index contributed by atoms with van der Waals surface area (Å²) in [5.41, 5.74) is 0.885. The highest BCUT2D eigenvalue weighted by Crippen LogP contribution is 2.27. The molecule has 0 spiro atoms. The Morgan fingerprint density at radius 3 is 2.40 bits per heavy atom. The Kier molecular flexibility index (Phi) is 5.43. The predicted octanol–water partition coefficient (Wildman–Crippen LogP) is 0.667. The average Bonchev–Trinajstić information content (AvgIpc) is 3.23. The zero-order valence-corrected chi connectivity index (χ0v) is 17.6. The number of ether oxygens (including phenoxy) is 1. The summed E-state index contributed by atoms with van der Waals surface area (Å²) in [6.07, 6.45) is 5.50. The van der Waals surface area contributed by atoms with E-state index in [1.807, 2.05) is 26.9 Å². The Morgan fingerprint density at radius 1 is 0.967 bits per heavy atom. The van der Waals surface area contributed by atoms with Gasteiger partial charge in [0, 0.05) is 58.6 Å². The second-order valence-electron chi connectivity index (χ2n) is 8.43. The first-order valence-electron chi connectivity index (χ1n) is 10.9. The molecule has 162 valence electrons. The molecule has 0 radical (unpaired) electrons. The predicted molar refractivity (Wildman–Crippen MR) is 113 cm³/mol. The maximum Gasteiger partial charge on any atom is 0.320 e. The van der Waals surface area contributed by atoms with Gasteiger partial charge in [0.2, 0.25) is 5.95 Å². The van der Waals surface area contributed by atoms with Gasteiger partial charge in [-0.2, -0.15) is 10.1 Å². The number of hydrogen-bond acceptors (Lipinski definition) is 7. The van der Waals surface area contributed by atoms with Crippen molar-refractivity contribution in [3.63, 3.8) is 0 Å². The van der Waals surface area contributed by atoms with E-state index in [1.165, 1.54) is 0 Å². The fraction of sp³-hybridized carbons (Fsp3) is 0.700. The molecule has 2 aromatic heterocycles. The highest BCUT2D eigenvalue weighted by atomic mass is 16.5. The van der Waals surface area contributed by atoms with E-state index in [1.54, 1.807) is 0 Å². The molecule has 10 nitrogen and oxygen atoms in total. The number of hydrogen-bond donors (Lipinski definition) is 0. The van der Waals surface area contributed by atoms with Crippen LogP contribution in [0.1, 0.15) is 18.9 Å². The molecule has 0 bridgehead atoms. The fourth-order valence-corrected chi connectivity index (χ4v) is 4.51. The van der Waals surface area contributed by atoms with E-state index in [-0.39, 0.29) is 12.1 Å². The van der Waals surface area contributed by atoms with Crippen molar-refractivity contribution < 1.29 is 9.53 Å². The summed E-state index contributed by atoms with van der Waals surface area (Å²) in [5.74, 6) is 0.746. The molecular weight excluding hydrogens is 384 g/mol. The summed E-state index contributed by atoms with van der Waals surface area (Å²) in [4.78, 5) is 30.6. The first-order chi connectivity index (χ1) is 14.7. The van der Waals surface area contributed by atoms with E-state index < -0.39 is 0 Å². The van der Waals surface area contributed by atoms with Crippen LogP contribution < -0.4 is 4.90 Å². The molecule has 0 unspecified atom stereocenters. The molecule has 3 saturated heterocycles. The fourth-order valence-electron chi connectivity index (χ4n) is 4.51. The molecule has 3 fully saturated rings. The lowest BCUT2D eigenvalue weighted by atomic mass is 10.1. The lowest BCUT2D eigenvalue weighted by molar-refractivity contribution is 0.108. The van der Waals surface area contributed by atoms with Crippen molar-refractivity contribution in [2.75, 3.05) is 77.5 Å². The van der Waals surface area contributed by atoms with Gasteiger partial charge in [0.05, 0.1) is 30.8 Å². The Hall–Kier alpha value is -2.46. The number of likely N-dealkylation sites (N-methyl/N-ethyl adjacent to an activating group) is 1. The van der Waals surface area contributed by atoms with Crippen LogP contribution in [0.25, 0.3) is 11.0 Å². The van der Waals surface area contributed by atoms with Gasteiger partial charge < -0.3 is 24.3 Å². The van der Waals surface area contributed by atoms with Crippen molar-refractivity contribution in [1.82, 2.24) is 34.4 Å². The zero-order valence-electron chi connectivity index (χ0n) is 17.6. The molecule has 0 atom stereocenters. The second kappa shape index (κ2) is 8.35. The summed E-state index contributed by atoms with van der Waals surface area (Å²) in [6, 6.07) is 0.440. The Balaban J connectivity index is 1.26. The molecule has 10 heteroatoms. The van der Waals surface area contributed by atoms with Crippen LogP contribution in [0.4, 0.5) is 10.7 Å². The minimum atomic E-state index is 0.184. The van der Waals surface area contributed by atoms with Crippen molar-refractivity contribution in [3.05, 3.63) is 12.4 Å². The third-order valence-corrected chi connectivity index (χ3v) is 6.47. The Labute approximate surface area is 176 Å². The standard InChI is InChI=1S/C20H30N8O2/c1-24-6-8-27(9-7-24)20(29)26-4-2-17(3-5-26)28-18-16(15-22-28)14-21-19(23-18)25-10-12-30-13-11-25/h14-15,17H,2-13H2,1H3. The summed E-state index contributed by atoms with van der Waals surface area (Å²) < 4.78 is 7.48. The van der Waals surface area contributed by atoms with Crippen LogP contribution in [0.15, 0.2) is 12.4 Å². The maximum atomic E-state index is 12.9. The van der Waals surface area contributed by atoms with E-state index in [0.29, 0.717) is 13.2 Å². The number of aromatic nitrogens is 4. The Morgan fingerprint density at radius 2 is 1.67 bits per heavy atom. The molecule has 5 heterocycles. The molecule has 5 rings (SSSR count). The first-order valence-corrected chi connectivity index (χ1v) is 10.9. The number of rotatable bonds is 2. The number of amides is 2. The number of fused-ring (bicyclic) bond motifs is 1. The van der Waals surface area contributed by atoms with Crippen LogP contribution in [-0.2, 0) is 4.74 Å². The smallest absolute Gasteiger partial charge is 0.320 e. The monoisotopic (exact) mass is 414 g/mol. The third-order valence-electron chi connectivity index (χ3n) is 6.47. The van der Waals surface area contributed by atoms with Crippen LogP contribution >= 0.6 is 0 Å². The second-order valence-corrected chi connectivity index (χ2v) is 8.43. The molecule has 0 saturated carbocycles. The summed E-state index contributed by atoms with van der Waals surface area (Å²) in [6.45, 7) is 8.11. The van der Waals surface area contributed by atoms with E-state index in [0.717, 1.165) is 82.2 Å². The van der Waals surface area contributed by atoms with Gasteiger partial charge >= 0.3 is 6.03 Å². The highest BCUT2D eigenvalue weighted by molar-refractivity contribution is 5.75. The average molecular weight is 415 g/mol. The maximum absolute atomic E-state index is 12.9. The number of urea groups is 1. The number of nitrogens with zero attached hydrogens (tertiary/aromatic N) is 8. The lowest BCUT2D eigenvalue weighted by Gasteiger charge is -2.39. The van der Waals surface area contributed by atoms with Crippen molar-refractivity contribution in [2.24, 2.45) is 0 Å². The number of likely N-dealkylation sites (tertiary alicyclic amines) is 1. The van der Waals surface area contributed by atoms with Crippen LogP contribution in [0, 0.1) is 0 Å². The minimum absolute atomic E-state index is 0.184. The van der Waals surface area contributed by atoms with Gasteiger partial charge in [0.25, 0.3) is 0 Å². The third kappa shape index (κ3) is 3.81. The normalized spacial score (nSPS) is 22.1. The molecule has 30 heavy (non-hydrogen) atoms. The minimum Gasteiger partial charge on any atom is -0.378 e. The van der Waals surface area contributed by atoms with Crippen molar-refractivity contribution >= 4 is 23.0 Å². The van der Waals surface area contributed by atoms with Crippen LogP contribution in [-0.4, -0.2) is 113 Å². The van der Waals surface area contributed by atoms with Gasteiger partial charge in [-0.15, -0.1) is 0 Å². The van der Waals surface area contributed by atoms with Crippen LogP contribution in [0.5, 0.6) is 0 Å². The van der Waals surface area contributed by atoms with Gasteiger partial charge in [-0.1, -0.05) is 0 Å². The van der Waals surface area contributed by atoms with Crippen molar-refractivity contribution in [2.45, 2.75) is 18.9 Å². The SMILES string of the molecule is CN1CCN(C(=O)N2CCC(n3ncc4cnc(N5CCOCC5)nc43)CC2)CC1. The van der Waals surface area contributed by atoms with Crippen molar-refractivity contribution in [1.29, 1.82) is 0 Å². The molecule has 0 aliphatic carbocycles. The van der Waals surface area contributed by atoms with Gasteiger partial charge in [0.15, 0.2) is 5.65 Å². The number of piperidine rings is 1. The molecule has 2 amide bonds. The topological polar surface area (TPSA) is 82.9 Å². The number of anilines is 1. The molecule has 3 aliphatic heterocycles. The number of morpholine rings is 1. The molecule has 3 aliphatic rings. The van der Waals surface area contributed by atoms with Crippen molar-refractivity contribution in [3.8, 4) is 0 Å². The zero-order chi connectivity index (χ0) is 20.5. The highest BCUT2D eigenvalue weighted by Gasteiger charge is 2.29. The van der Waals surface area contributed by atoms with Gasteiger partial charge in [-0.25, -0.2) is 14.5 Å². The van der Waals surface area contributed by atoms with Crippen LogP contribution in [0.3, 0.4) is 0 Å². The van der Waals surface area contributed by atoms with E-state index in [2.05, 4.69) is 26.9 Å². The lowest BCUT2D eigenvalue weighted by Crippen LogP contribution is -2.53. The molecular formula is C20H30N8O2. The van der Waals surface area contributed by atoms with Gasteiger partial charge in [0.1, 0.15) is 0 Å². The molecule has 2 aromatic rings. The van der Waals surface area contributed by atoms with Gasteiger partial charge in [-0.3, -0.25) is 0 Å². The van der Waals surface area contributed by atoms with E-state index in [4.69, 9.17) is 9.72 Å².